The molecule has 0 heterocycles. The molecule has 0 saturated heterocycles. The minimum Gasteiger partial charge on any atom is -0.466 e. The normalized spacial score (nSPS) is 36.5. The third-order valence-corrected chi connectivity index (χ3v) is 6.74. The SMILES string of the molecule is COC(=O)/C(=C/C[C@H]1C(CO)CCC2C(C)CCCC21C)CC#N. The second-order valence-corrected chi connectivity index (χ2v) is 7.90. The van der Waals surface area contributed by atoms with Crippen LogP contribution in [0.2, 0.25) is 0 Å². The summed E-state index contributed by atoms with van der Waals surface area (Å²) in [4.78, 5) is 11.8. The van der Waals surface area contributed by atoms with Gasteiger partial charge in [0.25, 0.3) is 0 Å². The molecule has 4 heteroatoms. The Balaban J connectivity index is 2.25. The molecule has 0 aromatic heterocycles. The smallest absolute Gasteiger partial charge is 0.334 e. The summed E-state index contributed by atoms with van der Waals surface area (Å²) in [7, 11) is 1.35. The van der Waals surface area contributed by atoms with Crippen molar-refractivity contribution in [1.29, 1.82) is 5.26 Å². The number of aliphatic hydroxyl groups excluding tert-OH is 1. The van der Waals surface area contributed by atoms with E-state index in [2.05, 4.69) is 19.9 Å². The number of methoxy groups -OCH3 is 1. The number of aliphatic hydroxyl groups is 1. The molecule has 24 heavy (non-hydrogen) atoms. The summed E-state index contributed by atoms with van der Waals surface area (Å²) >= 11 is 0. The Kier molecular flexibility index (Phi) is 6.46. The van der Waals surface area contributed by atoms with Crippen LogP contribution in [0.3, 0.4) is 0 Å². The van der Waals surface area contributed by atoms with Gasteiger partial charge in [-0.05, 0) is 54.8 Å². The molecule has 1 N–H and O–H groups in total. The molecule has 0 aromatic rings. The van der Waals surface area contributed by atoms with Crippen molar-refractivity contribution in [1.82, 2.24) is 0 Å². The third kappa shape index (κ3) is 3.67. The molecule has 2 aliphatic rings. The zero-order valence-corrected chi connectivity index (χ0v) is 15.3. The van der Waals surface area contributed by atoms with Gasteiger partial charge in [0.05, 0.1) is 19.6 Å². The monoisotopic (exact) mass is 333 g/mol. The van der Waals surface area contributed by atoms with E-state index >= 15 is 0 Å². The van der Waals surface area contributed by atoms with E-state index in [1.807, 2.05) is 6.08 Å². The average molecular weight is 333 g/mol. The molecule has 4 unspecified atom stereocenters. The van der Waals surface area contributed by atoms with Crippen molar-refractivity contribution in [2.24, 2.45) is 29.1 Å². The lowest BCUT2D eigenvalue weighted by atomic mass is 9.49. The van der Waals surface area contributed by atoms with Crippen LogP contribution in [0.1, 0.15) is 58.8 Å². The van der Waals surface area contributed by atoms with E-state index in [1.54, 1.807) is 0 Å². The first-order valence-corrected chi connectivity index (χ1v) is 9.23. The number of rotatable bonds is 5. The van der Waals surface area contributed by atoms with Crippen LogP contribution in [-0.2, 0) is 9.53 Å². The van der Waals surface area contributed by atoms with Gasteiger partial charge in [-0.1, -0.05) is 32.8 Å². The number of carbonyl (C=O) groups is 1. The van der Waals surface area contributed by atoms with Crippen molar-refractivity contribution >= 4 is 5.97 Å². The van der Waals surface area contributed by atoms with Gasteiger partial charge in [-0.3, -0.25) is 0 Å². The molecule has 0 bridgehead atoms. The molecule has 134 valence electrons. The molecule has 0 amide bonds. The summed E-state index contributed by atoms with van der Waals surface area (Å²) in [5.41, 5.74) is 0.666. The first-order chi connectivity index (χ1) is 11.5. The maximum absolute atomic E-state index is 11.8. The highest BCUT2D eigenvalue weighted by Gasteiger charge is 2.50. The molecule has 2 saturated carbocycles. The van der Waals surface area contributed by atoms with Crippen molar-refractivity contribution in [2.75, 3.05) is 13.7 Å². The number of esters is 1. The first kappa shape index (κ1) is 19.0. The lowest BCUT2D eigenvalue weighted by Gasteiger charge is -2.55. The maximum Gasteiger partial charge on any atom is 0.334 e. The molecule has 0 spiro atoms. The van der Waals surface area contributed by atoms with Crippen molar-refractivity contribution in [3.8, 4) is 6.07 Å². The van der Waals surface area contributed by atoms with E-state index in [4.69, 9.17) is 10.00 Å². The largest absolute Gasteiger partial charge is 0.466 e. The van der Waals surface area contributed by atoms with Gasteiger partial charge >= 0.3 is 5.97 Å². The van der Waals surface area contributed by atoms with Crippen LogP contribution in [-0.4, -0.2) is 24.8 Å². The fraction of sp³-hybridized carbons (Fsp3) is 0.800. The van der Waals surface area contributed by atoms with E-state index < -0.39 is 5.97 Å². The predicted octanol–water partition coefficient (Wildman–Crippen LogP) is 3.85. The van der Waals surface area contributed by atoms with Crippen molar-refractivity contribution in [2.45, 2.75) is 58.8 Å². The van der Waals surface area contributed by atoms with Crippen LogP contribution >= 0.6 is 0 Å². The van der Waals surface area contributed by atoms with E-state index in [0.29, 0.717) is 17.4 Å². The average Bonchev–Trinajstić information content (AvgIpc) is 2.57. The van der Waals surface area contributed by atoms with E-state index in [9.17, 15) is 9.90 Å². The van der Waals surface area contributed by atoms with Gasteiger partial charge in [-0.25, -0.2) is 4.79 Å². The van der Waals surface area contributed by atoms with Crippen LogP contribution in [0, 0.1) is 40.4 Å². The zero-order valence-electron chi connectivity index (χ0n) is 15.3. The summed E-state index contributed by atoms with van der Waals surface area (Å²) in [6, 6.07) is 2.05. The Morgan fingerprint density at radius 3 is 2.79 bits per heavy atom. The second kappa shape index (κ2) is 8.16. The molecule has 4 nitrogen and oxygen atoms in total. The number of fused-ring (bicyclic) bond motifs is 1. The number of nitriles is 1. The van der Waals surface area contributed by atoms with Gasteiger partial charge in [0.1, 0.15) is 0 Å². The highest BCUT2D eigenvalue weighted by molar-refractivity contribution is 5.88. The molecule has 2 rings (SSSR count). The fourth-order valence-corrected chi connectivity index (χ4v) is 5.44. The maximum atomic E-state index is 11.8. The number of allylic oxidation sites excluding steroid dienone is 1. The van der Waals surface area contributed by atoms with Crippen molar-refractivity contribution in [3.05, 3.63) is 11.6 Å². The highest BCUT2D eigenvalue weighted by atomic mass is 16.5. The molecular weight excluding hydrogens is 302 g/mol. The standard InChI is InChI=1S/C20H31NO3/c1-14-5-4-11-20(2)17(14)8-7-16(13-22)18(20)9-6-15(10-12-21)19(23)24-3/h6,14,16-18,22H,4-5,7-11,13H2,1-3H3/b15-6+/t14?,16?,17?,18-,20?/m0/s1. The molecule has 0 aromatic carbocycles. The summed E-state index contributed by atoms with van der Waals surface area (Å²) < 4.78 is 4.80. The van der Waals surface area contributed by atoms with E-state index in [0.717, 1.165) is 18.8 Å². The van der Waals surface area contributed by atoms with Crippen LogP contribution < -0.4 is 0 Å². The summed E-state index contributed by atoms with van der Waals surface area (Å²) in [5, 5.41) is 18.8. The van der Waals surface area contributed by atoms with Crippen LogP contribution in [0.25, 0.3) is 0 Å². The number of nitrogens with zero attached hydrogens (tertiary/aromatic N) is 1. The van der Waals surface area contributed by atoms with Crippen LogP contribution in [0.5, 0.6) is 0 Å². The minimum absolute atomic E-state index is 0.0831. The van der Waals surface area contributed by atoms with Gasteiger partial charge in [-0.15, -0.1) is 0 Å². The molecule has 2 aliphatic carbocycles. The van der Waals surface area contributed by atoms with E-state index in [1.165, 1.54) is 32.8 Å². The number of hydrogen-bond acceptors (Lipinski definition) is 4. The van der Waals surface area contributed by atoms with E-state index in [-0.39, 0.29) is 24.4 Å². The lowest BCUT2D eigenvalue weighted by molar-refractivity contribution is -0.136. The fourth-order valence-electron chi connectivity index (χ4n) is 5.44. The predicted molar refractivity (Wildman–Crippen MR) is 92.9 cm³/mol. The topological polar surface area (TPSA) is 70.3 Å². The van der Waals surface area contributed by atoms with Gasteiger partial charge in [-0.2, -0.15) is 5.26 Å². The van der Waals surface area contributed by atoms with Crippen LogP contribution in [0.4, 0.5) is 0 Å². The first-order valence-electron chi connectivity index (χ1n) is 9.23. The highest BCUT2D eigenvalue weighted by Crippen LogP contribution is 2.58. The number of hydrogen-bond donors (Lipinski definition) is 1. The molecule has 0 aliphatic heterocycles. The lowest BCUT2D eigenvalue weighted by Crippen LogP contribution is -2.48. The van der Waals surface area contributed by atoms with Crippen LogP contribution in [0.15, 0.2) is 11.6 Å². The Hall–Kier alpha value is -1.34. The van der Waals surface area contributed by atoms with Gasteiger partial charge in [0.15, 0.2) is 0 Å². The second-order valence-electron chi connectivity index (χ2n) is 7.90. The van der Waals surface area contributed by atoms with Crippen molar-refractivity contribution in [3.63, 3.8) is 0 Å². The summed E-state index contributed by atoms with van der Waals surface area (Å²) in [6.07, 6.45) is 8.73. The van der Waals surface area contributed by atoms with Gasteiger partial charge < -0.3 is 9.84 Å². The summed E-state index contributed by atoms with van der Waals surface area (Å²) in [6.45, 7) is 4.96. The summed E-state index contributed by atoms with van der Waals surface area (Å²) in [5.74, 6) is 1.67. The Morgan fingerprint density at radius 1 is 1.42 bits per heavy atom. The van der Waals surface area contributed by atoms with Gasteiger partial charge in [0.2, 0.25) is 0 Å². The quantitative estimate of drug-likeness (QED) is 0.613. The zero-order chi connectivity index (χ0) is 17.7. The Morgan fingerprint density at radius 2 is 2.17 bits per heavy atom. The molecule has 0 radical (unpaired) electrons. The molecule has 5 atom stereocenters. The van der Waals surface area contributed by atoms with Crippen molar-refractivity contribution < 1.29 is 14.6 Å². The molecule has 2 fully saturated rings. The number of ether oxygens (including phenoxy) is 1. The minimum atomic E-state index is -0.411. The number of carbonyl (C=O) groups excluding carboxylic acids is 1. The third-order valence-electron chi connectivity index (χ3n) is 6.74. The molecular formula is C20H31NO3. The Labute approximate surface area is 145 Å². The Bertz CT molecular complexity index is 521. The van der Waals surface area contributed by atoms with Gasteiger partial charge in [0, 0.05) is 12.2 Å².